The molecule has 0 atom stereocenters. The van der Waals surface area contributed by atoms with E-state index in [1.54, 1.807) is 0 Å². The minimum absolute atomic E-state index is 1.14. The number of thiophene rings is 2. The Kier molecular flexibility index (Phi) is 10.7. The second-order valence-electron chi connectivity index (χ2n) is 19.3. The lowest BCUT2D eigenvalue weighted by molar-refractivity contribution is 1.26. The molecule has 350 valence electrons. The van der Waals surface area contributed by atoms with E-state index >= 15 is 0 Å². The van der Waals surface area contributed by atoms with Crippen molar-refractivity contribution in [1.82, 2.24) is 0 Å². The van der Waals surface area contributed by atoms with E-state index in [9.17, 15) is 0 Å². The quantitative estimate of drug-likeness (QED) is 0.142. The van der Waals surface area contributed by atoms with Gasteiger partial charge in [0.15, 0.2) is 0 Å². The highest BCUT2D eigenvalue weighted by atomic mass is 32.1. The van der Waals surface area contributed by atoms with Gasteiger partial charge in [-0.05, 0) is 129 Å². The van der Waals surface area contributed by atoms with Crippen LogP contribution in [0.5, 0.6) is 0 Å². The summed E-state index contributed by atoms with van der Waals surface area (Å²) in [5, 5.41) is 10.1. The fraction of sp³-hybridized carbons (Fsp3) is 0.0286. The fourth-order valence-electron chi connectivity index (χ4n) is 11.5. The van der Waals surface area contributed by atoms with Gasteiger partial charge in [-0.2, -0.15) is 0 Å². The molecule has 0 N–H and O–H groups in total. The number of rotatable bonds is 9. The van der Waals surface area contributed by atoms with E-state index < -0.39 is 0 Å². The second-order valence-corrected chi connectivity index (χ2v) is 21.4. The predicted molar refractivity (Wildman–Crippen MR) is 322 cm³/mol. The van der Waals surface area contributed by atoms with E-state index in [4.69, 9.17) is 0 Å². The minimum atomic E-state index is 1.14. The zero-order valence-electron chi connectivity index (χ0n) is 41.0. The number of benzene rings is 12. The van der Waals surface area contributed by atoms with Crippen LogP contribution in [0.3, 0.4) is 0 Å². The van der Waals surface area contributed by atoms with Gasteiger partial charge in [0.05, 0.1) is 32.1 Å². The van der Waals surface area contributed by atoms with Crippen molar-refractivity contribution in [3.05, 3.63) is 266 Å². The summed E-state index contributed by atoms with van der Waals surface area (Å²) in [5.74, 6) is 0. The van der Waals surface area contributed by atoms with Gasteiger partial charge in [-0.1, -0.05) is 194 Å². The van der Waals surface area contributed by atoms with Crippen molar-refractivity contribution in [3.63, 3.8) is 0 Å². The molecule has 2 aromatic heterocycles. The molecule has 0 aliphatic rings. The topological polar surface area (TPSA) is 6.48 Å². The Labute approximate surface area is 438 Å². The van der Waals surface area contributed by atoms with Crippen LogP contribution < -0.4 is 9.80 Å². The average molecular weight is 981 g/mol. The zero-order chi connectivity index (χ0) is 49.3. The van der Waals surface area contributed by atoms with Crippen molar-refractivity contribution in [3.8, 4) is 33.4 Å². The van der Waals surface area contributed by atoms with Crippen molar-refractivity contribution >= 4 is 119 Å². The number of para-hydroxylation sites is 2. The highest BCUT2D eigenvalue weighted by molar-refractivity contribution is 7.26. The maximum Gasteiger partial charge on any atom is 0.0640 e. The van der Waals surface area contributed by atoms with Gasteiger partial charge in [-0.3, -0.25) is 0 Å². The lowest BCUT2D eigenvalue weighted by atomic mass is 9.94. The van der Waals surface area contributed by atoms with Crippen molar-refractivity contribution < 1.29 is 0 Å². The van der Waals surface area contributed by atoms with Gasteiger partial charge in [0.2, 0.25) is 0 Å². The van der Waals surface area contributed by atoms with E-state index in [1.807, 2.05) is 22.7 Å². The Morgan fingerprint density at radius 3 is 1.05 bits per heavy atom. The lowest BCUT2D eigenvalue weighted by Gasteiger charge is -2.31. The van der Waals surface area contributed by atoms with Gasteiger partial charge in [0.25, 0.3) is 0 Å². The average Bonchev–Trinajstić information content (AvgIpc) is 4.04. The van der Waals surface area contributed by atoms with Crippen molar-refractivity contribution in [2.24, 2.45) is 0 Å². The Balaban J connectivity index is 0.926. The van der Waals surface area contributed by atoms with Gasteiger partial charge in [-0.15, -0.1) is 22.7 Å². The summed E-state index contributed by atoms with van der Waals surface area (Å²) in [4.78, 5) is 5.03. The minimum Gasteiger partial charge on any atom is -0.308 e. The third-order valence-electron chi connectivity index (χ3n) is 14.9. The molecular formula is C70H48N2S2. The van der Waals surface area contributed by atoms with E-state index in [-0.39, 0.29) is 0 Å². The maximum atomic E-state index is 2.52. The van der Waals surface area contributed by atoms with E-state index in [0.717, 1.165) is 22.7 Å². The first-order chi connectivity index (χ1) is 36.6. The molecule has 12 aromatic carbocycles. The molecule has 0 spiro atoms. The number of hydrogen-bond acceptors (Lipinski definition) is 4. The highest BCUT2D eigenvalue weighted by Gasteiger charge is 2.25. The number of fused-ring (bicyclic) bond motifs is 8. The van der Waals surface area contributed by atoms with E-state index in [2.05, 4.69) is 278 Å². The van der Waals surface area contributed by atoms with Crippen LogP contribution in [0.1, 0.15) is 11.1 Å². The van der Waals surface area contributed by atoms with Crippen LogP contribution in [0.25, 0.3) is 95.3 Å². The SMILES string of the molecule is Cc1cc(-c2ccc(N(c3ccccc3-c3cccc4ccccc34)c3cccc4c3sc3ccccc34)c(C)c2)ccc1N(c1ccccc1-c1cccc2ccccc12)c1cccc2c1sc1ccccc12. The molecule has 74 heavy (non-hydrogen) atoms. The number of nitrogens with zero attached hydrogens (tertiary/aromatic N) is 2. The number of hydrogen-bond donors (Lipinski definition) is 0. The van der Waals surface area contributed by atoms with Gasteiger partial charge >= 0.3 is 0 Å². The fourth-order valence-corrected chi connectivity index (χ4v) is 13.9. The zero-order valence-corrected chi connectivity index (χ0v) is 42.6. The second kappa shape index (κ2) is 18.0. The molecule has 14 rings (SSSR count). The van der Waals surface area contributed by atoms with Gasteiger partial charge in [0.1, 0.15) is 0 Å². The first-order valence-corrected chi connectivity index (χ1v) is 27.0. The normalized spacial score (nSPS) is 11.6. The summed E-state index contributed by atoms with van der Waals surface area (Å²) >= 11 is 3.75. The van der Waals surface area contributed by atoms with Crippen LogP contribution in [0.4, 0.5) is 34.1 Å². The molecule has 0 aliphatic carbocycles. The summed E-state index contributed by atoms with van der Waals surface area (Å²) in [6.07, 6.45) is 0. The molecule has 0 saturated heterocycles. The molecule has 0 amide bonds. The van der Waals surface area contributed by atoms with E-state index in [1.165, 1.54) is 118 Å². The van der Waals surface area contributed by atoms with Crippen LogP contribution in [-0.4, -0.2) is 0 Å². The highest BCUT2D eigenvalue weighted by Crippen LogP contribution is 2.51. The monoisotopic (exact) mass is 980 g/mol. The van der Waals surface area contributed by atoms with Gasteiger partial charge in [-0.25, -0.2) is 0 Å². The molecular weight excluding hydrogens is 933 g/mol. The van der Waals surface area contributed by atoms with Gasteiger partial charge in [0, 0.05) is 53.4 Å². The molecule has 0 unspecified atom stereocenters. The predicted octanol–water partition coefficient (Wildman–Crippen LogP) is 21.3. The smallest absolute Gasteiger partial charge is 0.0640 e. The molecule has 2 nitrogen and oxygen atoms in total. The molecule has 4 heteroatoms. The third kappa shape index (κ3) is 7.29. The Bertz CT molecular complexity index is 4200. The van der Waals surface area contributed by atoms with Crippen LogP contribution >= 0.6 is 22.7 Å². The Hall–Kier alpha value is -8.80. The summed E-state index contributed by atoms with van der Waals surface area (Å²) in [6, 6.07) is 94.0. The third-order valence-corrected chi connectivity index (χ3v) is 17.3. The molecule has 0 fully saturated rings. The van der Waals surface area contributed by atoms with Crippen molar-refractivity contribution in [2.45, 2.75) is 13.8 Å². The first kappa shape index (κ1) is 43.9. The molecule has 0 radical (unpaired) electrons. The number of anilines is 6. The van der Waals surface area contributed by atoms with Crippen molar-refractivity contribution in [1.29, 1.82) is 0 Å². The molecule has 2 heterocycles. The van der Waals surface area contributed by atoms with Crippen LogP contribution in [0.2, 0.25) is 0 Å². The maximum absolute atomic E-state index is 2.52. The summed E-state index contributed by atoms with van der Waals surface area (Å²) in [7, 11) is 0. The molecule has 0 saturated carbocycles. The summed E-state index contributed by atoms with van der Waals surface area (Å²) < 4.78 is 5.13. The summed E-state index contributed by atoms with van der Waals surface area (Å²) in [5.41, 5.74) is 16.5. The standard InChI is InChI=1S/C70H48N2S2/c1-45-43-49(39-41-61(45)71(65-35-17-31-59-57-27-9-13-37-67(57)73-69(59)65)63-33-11-7-25-55(63)53-29-15-21-47-19-3-5-23-51(47)53)50-40-42-62(46(2)44-50)72(66-36-18-32-60-58-28-10-14-38-68(58)74-70(60)66)64-34-12-8-26-56(64)54-30-16-22-48-20-4-6-24-52(48)54/h3-44H,1-2H3. The Morgan fingerprint density at radius 1 is 0.257 bits per heavy atom. The molecule has 0 bridgehead atoms. The molecule has 0 aliphatic heterocycles. The summed E-state index contributed by atoms with van der Waals surface area (Å²) in [6.45, 7) is 4.55. The van der Waals surface area contributed by atoms with Crippen LogP contribution in [0, 0.1) is 13.8 Å². The van der Waals surface area contributed by atoms with Crippen molar-refractivity contribution in [2.75, 3.05) is 9.80 Å². The molecule has 14 aromatic rings. The van der Waals surface area contributed by atoms with Crippen LogP contribution in [-0.2, 0) is 0 Å². The lowest BCUT2D eigenvalue weighted by Crippen LogP contribution is -2.13. The van der Waals surface area contributed by atoms with Gasteiger partial charge < -0.3 is 9.80 Å². The largest absolute Gasteiger partial charge is 0.308 e. The Morgan fingerprint density at radius 2 is 0.595 bits per heavy atom. The number of aryl methyl sites for hydroxylation is 2. The first-order valence-electron chi connectivity index (χ1n) is 25.3. The van der Waals surface area contributed by atoms with E-state index in [0.29, 0.717) is 0 Å². The van der Waals surface area contributed by atoms with Crippen LogP contribution in [0.15, 0.2) is 255 Å².